The number of benzene rings is 2. The monoisotopic (exact) mass is 418 g/mol. The van der Waals surface area contributed by atoms with E-state index in [0.717, 1.165) is 16.9 Å². The van der Waals surface area contributed by atoms with Gasteiger partial charge in [-0.1, -0.05) is 30.3 Å². The van der Waals surface area contributed by atoms with Gasteiger partial charge in [-0.3, -0.25) is 4.79 Å². The van der Waals surface area contributed by atoms with Crippen LogP contribution in [0.5, 0.6) is 0 Å². The minimum atomic E-state index is -0.120. The summed E-state index contributed by atoms with van der Waals surface area (Å²) in [6, 6.07) is 17.1. The number of carbonyl (C=O) groups excluding carboxylic acids is 2. The van der Waals surface area contributed by atoms with Crippen LogP contribution in [0.15, 0.2) is 67.3 Å². The van der Waals surface area contributed by atoms with E-state index in [9.17, 15) is 9.59 Å². The predicted octanol–water partition coefficient (Wildman–Crippen LogP) is 3.39. The van der Waals surface area contributed by atoms with Crippen LogP contribution >= 0.6 is 0 Å². The lowest BCUT2D eigenvalue weighted by molar-refractivity contribution is -0.126. The van der Waals surface area contributed by atoms with Crippen molar-refractivity contribution in [1.29, 1.82) is 0 Å². The Bertz CT molecular complexity index is 996. The highest BCUT2D eigenvalue weighted by molar-refractivity contribution is 5.89. The van der Waals surface area contributed by atoms with Gasteiger partial charge >= 0.3 is 6.03 Å². The molecule has 1 fully saturated rings. The van der Waals surface area contributed by atoms with E-state index in [1.165, 1.54) is 6.33 Å². The number of para-hydroxylation sites is 1. The number of rotatable bonds is 5. The standard InChI is InChI=1S/C23H26N6O2/c1-17(18-7-9-21(10-8-18)29-16-24-15-25-29)26-22(30)19-11-13-28(14-12-19)23(31)27-20-5-3-2-4-6-20/h2-10,15-17,19H,11-14H2,1H3,(H,26,30)(H,27,31)/t17-/m0/s1. The van der Waals surface area contributed by atoms with Crippen LogP contribution in [-0.4, -0.2) is 44.7 Å². The Morgan fingerprint density at radius 2 is 1.74 bits per heavy atom. The van der Waals surface area contributed by atoms with Crippen molar-refractivity contribution in [2.75, 3.05) is 18.4 Å². The molecule has 1 saturated heterocycles. The van der Waals surface area contributed by atoms with Crippen molar-refractivity contribution >= 4 is 17.6 Å². The van der Waals surface area contributed by atoms with E-state index in [1.807, 2.05) is 61.5 Å². The molecule has 3 amide bonds. The highest BCUT2D eigenvalue weighted by atomic mass is 16.2. The molecule has 0 unspecified atom stereocenters. The highest BCUT2D eigenvalue weighted by Gasteiger charge is 2.28. The Balaban J connectivity index is 1.26. The summed E-state index contributed by atoms with van der Waals surface area (Å²) in [6.07, 6.45) is 4.46. The van der Waals surface area contributed by atoms with E-state index >= 15 is 0 Å². The maximum absolute atomic E-state index is 12.8. The van der Waals surface area contributed by atoms with Crippen LogP contribution < -0.4 is 10.6 Å². The van der Waals surface area contributed by atoms with Crippen LogP contribution in [0.25, 0.3) is 5.69 Å². The number of aromatic nitrogens is 3. The molecule has 1 aromatic heterocycles. The van der Waals surface area contributed by atoms with Gasteiger partial charge in [0.05, 0.1) is 11.7 Å². The third-order valence-corrected chi connectivity index (χ3v) is 5.61. The van der Waals surface area contributed by atoms with E-state index < -0.39 is 0 Å². The molecule has 2 aromatic carbocycles. The van der Waals surface area contributed by atoms with Crippen molar-refractivity contribution in [3.63, 3.8) is 0 Å². The maximum Gasteiger partial charge on any atom is 0.321 e. The first-order chi connectivity index (χ1) is 15.1. The second-order valence-corrected chi connectivity index (χ2v) is 7.72. The van der Waals surface area contributed by atoms with E-state index in [4.69, 9.17) is 0 Å². The SMILES string of the molecule is C[C@H](NC(=O)C1CCN(C(=O)Nc2ccccc2)CC1)c1ccc(-n2cncn2)cc1. The number of hydrogen-bond acceptors (Lipinski definition) is 4. The zero-order chi connectivity index (χ0) is 21.6. The molecule has 4 rings (SSSR count). The third kappa shape index (κ3) is 5.09. The molecule has 1 aliphatic rings. The van der Waals surface area contributed by atoms with Gasteiger partial charge in [-0.15, -0.1) is 0 Å². The van der Waals surface area contributed by atoms with Crippen LogP contribution in [0.2, 0.25) is 0 Å². The molecule has 0 saturated carbocycles. The van der Waals surface area contributed by atoms with Crippen LogP contribution in [0.1, 0.15) is 31.4 Å². The summed E-state index contributed by atoms with van der Waals surface area (Å²) >= 11 is 0. The molecule has 3 aromatic rings. The summed E-state index contributed by atoms with van der Waals surface area (Å²) in [5.41, 5.74) is 2.72. The predicted molar refractivity (Wildman–Crippen MR) is 118 cm³/mol. The molecular formula is C23H26N6O2. The number of nitrogens with one attached hydrogen (secondary N) is 2. The fourth-order valence-electron chi connectivity index (χ4n) is 3.74. The van der Waals surface area contributed by atoms with Gasteiger partial charge in [-0.25, -0.2) is 14.5 Å². The average molecular weight is 419 g/mol. The van der Waals surface area contributed by atoms with E-state index in [0.29, 0.717) is 25.9 Å². The Morgan fingerprint density at radius 1 is 1.03 bits per heavy atom. The molecule has 2 N–H and O–H groups in total. The zero-order valence-corrected chi connectivity index (χ0v) is 17.4. The van der Waals surface area contributed by atoms with Gasteiger partial charge in [0.15, 0.2) is 0 Å². The van der Waals surface area contributed by atoms with Crippen molar-refractivity contribution < 1.29 is 9.59 Å². The molecule has 8 heteroatoms. The van der Waals surface area contributed by atoms with Crippen molar-refractivity contribution in [1.82, 2.24) is 25.0 Å². The summed E-state index contributed by atoms with van der Waals surface area (Å²) in [5, 5.41) is 10.1. The van der Waals surface area contributed by atoms with Gasteiger partial charge in [0.25, 0.3) is 0 Å². The molecule has 1 atom stereocenters. The van der Waals surface area contributed by atoms with Gasteiger partial charge in [0.1, 0.15) is 12.7 Å². The van der Waals surface area contributed by atoms with Gasteiger partial charge < -0.3 is 15.5 Å². The van der Waals surface area contributed by atoms with Crippen molar-refractivity contribution in [2.45, 2.75) is 25.8 Å². The Morgan fingerprint density at radius 3 is 2.39 bits per heavy atom. The smallest absolute Gasteiger partial charge is 0.321 e. The lowest BCUT2D eigenvalue weighted by Crippen LogP contribution is -2.44. The summed E-state index contributed by atoms with van der Waals surface area (Å²) in [6.45, 7) is 3.11. The van der Waals surface area contributed by atoms with Crippen molar-refractivity contribution in [2.24, 2.45) is 5.92 Å². The first kappa shape index (κ1) is 20.6. The summed E-state index contributed by atoms with van der Waals surface area (Å²) in [5.74, 6) is -0.0476. The number of hydrogen-bond donors (Lipinski definition) is 2. The first-order valence-corrected chi connectivity index (χ1v) is 10.5. The minimum absolute atomic E-state index is 0.0379. The fourth-order valence-corrected chi connectivity index (χ4v) is 3.74. The number of amides is 3. The van der Waals surface area contributed by atoms with Crippen LogP contribution in [0.3, 0.4) is 0 Å². The second-order valence-electron chi connectivity index (χ2n) is 7.72. The molecule has 2 heterocycles. The summed E-state index contributed by atoms with van der Waals surface area (Å²) in [7, 11) is 0. The molecule has 0 radical (unpaired) electrons. The van der Waals surface area contributed by atoms with Crippen molar-refractivity contribution in [3.05, 3.63) is 72.8 Å². The molecule has 0 bridgehead atoms. The number of anilines is 1. The van der Waals surface area contributed by atoms with E-state index in [-0.39, 0.29) is 23.9 Å². The van der Waals surface area contributed by atoms with E-state index in [2.05, 4.69) is 20.7 Å². The van der Waals surface area contributed by atoms with Crippen molar-refractivity contribution in [3.8, 4) is 5.69 Å². The average Bonchev–Trinajstić information content (AvgIpc) is 3.35. The quantitative estimate of drug-likeness (QED) is 0.664. The van der Waals surface area contributed by atoms with Gasteiger partial charge in [-0.2, -0.15) is 5.10 Å². The summed E-state index contributed by atoms with van der Waals surface area (Å²) in [4.78, 5) is 30.9. The number of nitrogens with zero attached hydrogens (tertiary/aromatic N) is 4. The molecule has 0 spiro atoms. The second kappa shape index (κ2) is 9.42. The normalized spacial score (nSPS) is 15.3. The number of piperidine rings is 1. The minimum Gasteiger partial charge on any atom is -0.349 e. The van der Waals surface area contributed by atoms with Crippen LogP contribution in [-0.2, 0) is 4.79 Å². The molecule has 1 aliphatic heterocycles. The molecule has 160 valence electrons. The van der Waals surface area contributed by atoms with E-state index in [1.54, 1.807) is 15.9 Å². The molecule has 0 aliphatic carbocycles. The largest absolute Gasteiger partial charge is 0.349 e. The highest BCUT2D eigenvalue weighted by Crippen LogP contribution is 2.21. The van der Waals surface area contributed by atoms with Gasteiger partial charge in [0, 0.05) is 24.7 Å². The molecule has 31 heavy (non-hydrogen) atoms. The third-order valence-electron chi connectivity index (χ3n) is 5.61. The number of likely N-dealkylation sites (tertiary alicyclic amines) is 1. The lowest BCUT2D eigenvalue weighted by atomic mass is 9.95. The number of urea groups is 1. The lowest BCUT2D eigenvalue weighted by Gasteiger charge is -2.32. The Labute approximate surface area is 181 Å². The van der Waals surface area contributed by atoms with Gasteiger partial charge in [-0.05, 0) is 49.6 Å². The summed E-state index contributed by atoms with van der Waals surface area (Å²) < 4.78 is 1.69. The van der Waals surface area contributed by atoms with Crippen LogP contribution in [0.4, 0.5) is 10.5 Å². The molecule has 8 nitrogen and oxygen atoms in total. The Hall–Kier alpha value is -3.68. The van der Waals surface area contributed by atoms with Crippen LogP contribution in [0, 0.1) is 5.92 Å². The maximum atomic E-state index is 12.8. The first-order valence-electron chi connectivity index (χ1n) is 10.5. The topological polar surface area (TPSA) is 92.2 Å². The van der Waals surface area contributed by atoms with Gasteiger partial charge in [0.2, 0.25) is 5.91 Å². The molecular weight excluding hydrogens is 392 g/mol. The number of carbonyl (C=O) groups is 2. The Kier molecular flexibility index (Phi) is 6.26. The fraction of sp³-hybridized carbons (Fsp3) is 0.304. The zero-order valence-electron chi connectivity index (χ0n) is 17.4.